The van der Waals surface area contributed by atoms with Gasteiger partial charge in [0.1, 0.15) is 0 Å². The van der Waals surface area contributed by atoms with Crippen LogP contribution in [0.15, 0.2) is 60.9 Å². The highest BCUT2D eigenvalue weighted by Gasteiger charge is 1.89. The highest BCUT2D eigenvalue weighted by Crippen LogP contribution is 2.02. The Morgan fingerprint density at radius 1 is 1.33 bits per heavy atom. The molecule has 0 unspecified atom stereocenters. The zero-order chi connectivity index (χ0) is 10.9. The van der Waals surface area contributed by atoms with E-state index in [-0.39, 0.29) is 5.78 Å². The van der Waals surface area contributed by atoms with Crippen molar-refractivity contribution in [2.24, 2.45) is 0 Å². The van der Waals surface area contributed by atoms with E-state index < -0.39 is 0 Å². The van der Waals surface area contributed by atoms with Crippen LogP contribution in [0.1, 0.15) is 12.0 Å². The third kappa shape index (κ3) is 4.80. The maximum absolute atomic E-state index is 11.0. The quantitative estimate of drug-likeness (QED) is 0.525. The van der Waals surface area contributed by atoms with Crippen LogP contribution in [0.4, 0.5) is 0 Å². The Kier molecular flexibility index (Phi) is 4.93. The summed E-state index contributed by atoms with van der Waals surface area (Å²) in [4.78, 5) is 11.0. The van der Waals surface area contributed by atoms with Gasteiger partial charge in [0.25, 0.3) is 0 Å². The van der Waals surface area contributed by atoms with Crippen molar-refractivity contribution in [1.82, 2.24) is 0 Å². The van der Waals surface area contributed by atoms with Gasteiger partial charge in [0.2, 0.25) is 0 Å². The lowest BCUT2D eigenvalue weighted by Gasteiger charge is -1.95. The van der Waals surface area contributed by atoms with E-state index in [4.69, 9.17) is 0 Å². The van der Waals surface area contributed by atoms with Gasteiger partial charge in [-0.2, -0.15) is 0 Å². The SMILES string of the molecule is C=C=CC(=O)/C=C/CCc1ccccc1. The Balaban J connectivity index is 2.33. The number of hydrogen-bond acceptors (Lipinski definition) is 1. The van der Waals surface area contributed by atoms with E-state index >= 15 is 0 Å². The molecule has 0 aliphatic heterocycles. The fourth-order valence-corrected chi connectivity index (χ4v) is 1.24. The van der Waals surface area contributed by atoms with E-state index in [0.29, 0.717) is 0 Å². The van der Waals surface area contributed by atoms with Gasteiger partial charge in [-0.15, -0.1) is 5.73 Å². The summed E-state index contributed by atoms with van der Waals surface area (Å²) in [7, 11) is 0. The highest BCUT2D eigenvalue weighted by molar-refractivity contribution is 5.98. The lowest BCUT2D eigenvalue weighted by atomic mass is 10.1. The number of carbonyl (C=O) groups excluding carboxylic acids is 1. The zero-order valence-corrected chi connectivity index (χ0v) is 8.65. The highest BCUT2D eigenvalue weighted by atomic mass is 16.1. The Morgan fingerprint density at radius 3 is 2.73 bits per heavy atom. The standard InChI is InChI=1S/C14H14O/c1-2-8-14(15)12-7-6-11-13-9-4-3-5-10-13/h3-5,7-10,12H,1,6,11H2/b12-7+. The van der Waals surface area contributed by atoms with Crippen LogP contribution in [0.25, 0.3) is 0 Å². The van der Waals surface area contributed by atoms with Crippen molar-refractivity contribution in [3.63, 3.8) is 0 Å². The molecule has 0 amide bonds. The molecule has 0 aliphatic rings. The molecule has 0 saturated heterocycles. The van der Waals surface area contributed by atoms with E-state index in [2.05, 4.69) is 24.4 Å². The largest absolute Gasteiger partial charge is 0.289 e. The van der Waals surface area contributed by atoms with Crippen molar-refractivity contribution in [3.8, 4) is 0 Å². The van der Waals surface area contributed by atoms with Crippen LogP contribution in [0, 0.1) is 0 Å². The smallest absolute Gasteiger partial charge is 0.185 e. The molecule has 1 nitrogen and oxygen atoms in total. The van der Waals surface area contributed by atoms with Crippen molar-refractivity contribution in [2.75, 3.05) is 0 Å². The predicted molar refractivity (Wildman–Crippen MR) is 62.6 cm³/mol. The maximum Gasteiger partial charge on any atom is 0.185 e. The molecular weight excluding hydrogens is 184 g/mol. The summed E-state index contributed by atoms with van der Waals surface area (Å²) in [5.74, 6) is -0.0574. The van der Waals surface area contributed by atoms with E-state index in [1.807, 2.05) is 24.3 Å². The lowest BCUT2D eigenvalue weighted by Crippen LogP contribution is -1.85. The van der Waals surface area contributed by atoms with E-state index in [0.717, 1.165) is 12.8 Å². The molecule has 76 valence electrons. The van der Waals surface area contributed by atoms with Crippen LogP contribution in [-0.2, 0) is 11.2 Å². The van der Waals surface area contributed by atoms with Gasteiger partial charge in [0.15, 0.2) is 5.78 Å². The average Bonchev–Trinajstić information content (AvgIpc) is 2.26. The Morgan fingerprint density at radius 2 is 2.07 bits per heavy atom. The van der Waals surface area contributed by atoms with Gasteiger partial charge in [0, 0.05) is 6.08 Å². The molecule has 15 heavy (non-hydrogen) atoms. The second kappa shape index (κ2) is 6.58. The molecule has 1 aromatic carbocycles. The molecule has 0 spiro atoms. The maximum atomic E-state index is 11.0. The fourth-order valence-electron chi connectivity index (χ4n) is 1.24. The summed E-state index contributed by atoms with van der Waals surface area (Å²) in [5.41, 5.74) is 3.74. The van der Waals surface area contributed by atoms with Crippen molar-refractivity contribution in [1.29, 1.82) is 0 Å². The third-order valence-corrected chi connectivity index (χ3v) is 1.97. The van der Waals surface area contributed by atoms with Gasteiger partial charge in [-0.3, -0.25) is 4.79 Å². The first kappa shape index (κ1) is 11.2. The molecule has 0 aromatic heterocycles. The molecule has 0 fully saturated rings. The van der Waals surface area contributed by atoms with Crippen LogP contribution in [0.2, 0.25) is 0 Å². The first-order valence-corrected chi connectivity index (χ1v) is 4.93. The monoisotopic (exact) mass is 198 g/mol. The molecule has 0 bridgehead atoms. The fraction of sp³-hybridized carbons (Fsp3) is 0.143. The van der Waals surface area contributed by atoms with Crippen molar-refractivity contribution in [3.05, 3.63) is 66.4 Å². The van der Waals surface area contributed by atoms with Gasteiger partial charge in [0.05, 0.1) is 0 Å². The summed E-state index contributed by atoms with van der Waals surface area (Å²) in [6.07, 6.45) is 6.60. The van der Waals surface area contributed by atoms with Crippen molar-refractivity contribution < 1.29 is 4.79 Å². The number of ketones is 1. The molecular formula is C14H14O. The predicted octanol–water partition coefficient (Wildman–Crippen LogP) is 3.09. The van der Waals surface area contributed by atoms with Gasteiger partial charge in [-0.05, 0) is 24.5 Å². The molecule has 0 radical (unpaired) electrons. The van der Waals surface area contributed by atoms with Crippen LogP contribution in [-0.4, -0.2) is 5.78 Å². The van der Waals surface area contributed by atoms with Gasteiger partial charge < -0.3 is 0 Å². The van der Waals surface area contributed by atoms with Gasteiger partial charge >= 0.3 is 0 Å². The molecule has 0 saturated carbocycles. The number of hydrogen-bond donors (Lipinski definition) is 0. The second-order valence-electron chi connectivity index (χ2n) is 3.18. The van der Waals surface area contributed by atoms with Crippen LogP contribution in [0.5, 0.6) is 0 Å². The van der Waals surface area contributed by atoms with Crippen LogP contribution >= 0.6 is 0 Å². The van der Waals surface area contributed by atoms with E-state index in [1.54, 1.807) is 6.08 Å². The molecule has 0 aliphatic carbocycles. The number of rotatable bonds is 5. The summed E-state index contributed by atoms with van der Waals surface area (Å²) in [6.45, 7) is 3.34. The molecule has 0 atom stereocenters. The number of carbonyl (C=O) groups is 1. The summed E-state index contributed by atoms with van der Waals surface area (Å²) in [5, 5.41) is 0. The van der Waals surface area contributed by atoms with Crippen molar-refractivity contribution in [2.45, 2.75) is 12.8 Å². The second-order valence-corrected chi connectivity index (χ2v) is 3.18. The minimum Gasteiger partial charge on any atom is -0.289 e. The van der Waals surface area contributed by atoms with Gasteiger partial charge in [-0.25, -0.2) is 0 Å². The minimum absolute atomic E-state index is 0.0574. The first-order valence-electron chi connectivity index (χ1n) is 4.93. The molecule has 1 rings (SSSR count). The molecule has 1 aromatic rings. The third-order valence-electron chi connectivity index (χ3n) is 1.97. The van der Waals surface area contributed by atoms with Gasteiger partial charge in [-0.1, -0.05) is 43.0 Å². The summed E-state index contributed by atoms with van der Waals surface area (Å²) in [6, 6.07) is 10.2. The van der Waals surface area contributed by atoms with Crippen LogP contribution in [0.3, 0.4) is 0 Å². The number of benzene rings is 1. The topological polar surface area (TPSA) is 17.1 Å². The normalized spacial score (nSPS) is 9.87. The van der Waals surface area contributed by atoms with Crippen molar-refractivity contribution >= 4 is 5.78 Å². The molecule has 0 heterocycles. The summed E-state index contributed by atoms with van der Waals surface area (Å²) >= 11 is 0. The van der Waals surface area contributed by atoms with E-state index in [9.17, 15) is 4.79 Å². The number of aryl methyl sites for hydroxylation is 1. The average molecular weight is 198 g/mol. The minimum atomic E-state index is -0.0574. The first-order chi connectivity index (χ1) is 7.33. The molecule has 1 heteroatoms. The summed E-state index contributed by atoms with van der Waals surface area (Å²) < 4.78 is 0. The number of allylic oxidation sites excluding steroid dienone is 3. The lowest BCUT2D eigenvalue weighted by molar-refractivity contribution is -0.110. The van der Waals surface area contributed by atoms with Crippen LogP contribution < -0.4 is 0 Å². The Labute approximate surface area is 90.4 Å². The Hall–Kier alpha value is -1.85. The molecule has 0 N–H and O–H groups in total. The van der Waals surface area contributed by atoms with E-state index in [1.165, 1.54) is 11.6 Å². The Bertz CT molecular complexity index is 381. The zero-order valence-electron chi connectivity index (χ0n) is 8.65.